The van der Waals surface area contributed by atoms with Crippen molar-refractivity contribution in [3.8, 4) is 0 Å². The van der Waals surface area contributed by atoms with Crippen molar-refractivity contribution in [3.63, 3.8) is 0 Å². The molecule has 1 fully saturated rings. The van der Waals surface area contributed by atoms with E-state index in [4.69, 9.17) is 0 Å². The van der Waals surface area contributed by atoms with Crippen molar-refractivity contribution in [2.45, 2.75) is 38.6 Å². The molecule has 3 heteroatoms. The molecule has 0 amide bonds. The quantitative estimate of drug-likeness (QED) is 0.788. The SMILES string of the molecule is C/C=C/CCn1cncc1C1CCCNC1. The molecule has 1 aliphatic heterocycles. The van der Waals surface area contributed by atoms with E-state index in [0.29, 0.717) is 5.92 Å². The monoisotopic (exact) mass is 219 g/mol. The molecule has 1 aliphatic rings. The van der Waals surface area contributed by atoms with Crippen molar-refractivity contribution in [2.75, 3.05) is 13.1 Å². The van der Waals surface area contributed by atoms with Gasteiger partial charge in [-0.05, 0) is 32.7 Å². The van der Waals surface area contributed by atoms with Gasteiger partial charge in [-0.3, -0.25) is 0 Å². The van der Waals surface area contributed by atoms with Gasteiger partial charge in [0.25, 0.3) is 0 Å². The number of allylic oxidation sites excluding steroid dienone is 2. The van der Waals surface area contributed by atoms with Crippen LogP contribution in [0.1, 0.15) is 37.8 Å². The van der Waals surface area contributed by atoms with E-state index in [1.54, 1.807) is 0 Å². The molecular weight excluding hydrogens is 198 g/mol. The lowest BCUT2D eigenvalue weighted by Gasteiger charge is -2.23. The van der Waals surface area contributed by atoms with Crippen LogP contribution in [-0.4, -0.2) is 22.6 Å². The Morgan fingerprint density at radius 3 is 3.31 bits per heavy atom. The first-order chi connectivity index (χ1) is 7.92. The fraction of sp³-hybridized carbons (Fsp3) is 0.615. The van der Waals surface area contributed by atoms with Crippen LogP contribution in [-0.2, 0) is 6.54 Å². The van der Waals surface area contributed by atoms with Crippen LogP contribution in [0.4, 0.5) is 0 Å². The number of hydrogen-bond acceptors (Lipinski definition) is 2. The molecule has 1 saturated heterocycles. The Bertz CT molecular complexity index is 335. The van der Waals surface area contributed by atoms with Crippen molar-refractivity contribution < 1.29 is 0 Å². The molecule has 1 atom stereocenters. The summed E-state index contributed by atoms with van der Waals surface area (Å²) in [4.78, 5) is 4.29. The first-order valence-electron chi connectivity index (χ1n) is 6.23. The maximum atomic E-state index is 4.29. The third-order valence-electron chi connectivity index (χ3n) is 3.23. The fourth-order valence-corrected chi connectivity index (χ4v) is 2.34. The molecule has 2 rings (SSSR count). The third-order valence-corrected chi connectivity index (χ3v) is 3.23. The zero-order chi connectivity index (χ0) is 11.2. The van der Waals surface area contributed by atoms with Gasteiger partial charge in [0.15, 0.2) is 0 Å². The zero-order valence-electron chi connectivity index (χ0n) is 10.0. The Hall–Kier alpha value is -1.09. The summed E-state index contributed by atoms with van der Waals surface area (Å²) < 4.78 is 2.30. The van der Waals surface area contributed by atoms with E-state index >= 15 is 0 Å². The van der Waals surface area contributed by atoms with Gasteiger partial charge in [0, 0.05) is 30.9 Å². The van der Waals surface area contributed by atoms with Crippen LogP contribution in [0.3, 0.4) is 0 Å². The van der Waals surface area contributed by atoms with Gasteiger partial charge in [-0.15, -0.1) is 0 Å². The second kappa shape index (κ2) is 5.85. The highest BCUT2D eigenvalue weighted by Gasteiger charge is 2.18. The summed E-state index contributed by atoms with van der Waals surface area (Å²) in [6.45, 7) is 5.40. The summed E-state index contributed by atoms with van der Waals surface area (Å²) in [6, 6.07) is 0. The van der Waals surface area contributed by atoms with Crippen LogP contribution >= 0.6 is 0 Å². The number of nitrogens with zero attached hydrogens (tertiary/aromatic N) is 2. The van der Waals surface area contributed by atoms with Crippen LogP contribution in [0.5, 0.6) is 0 Å². The summed E-state index contributed by atoms with van der Waals surface area (Å²) in [6.07, 6.45) is 12.0. The van der Waals surface area contributed by atoms with Crippen LogP contribution in [0.2, 0.25) is 0 Å². The van der Waals surface area contributed by atoms with Crippen LogP contribution < -0.4 is 5.32 Å². The van der Waals surface area contributed by atoms with E-state index in [1.165, 1.54) is 25.1 Å². The third kappa shape index (κ3) is 2.73. The van der Waals surface area contributed by atoms with Gasteiger partial charge in [-0.25, -0.2) is 4.98 Å². The van der Waals surface area contributed by atoms with Crippen LogP contribution in [0.25, 0.3) is 0 Å². The summed E-state index contributed by atoms with van der Waals surface area (Å²) in [5.74, 6) is 0.654. The number of hydrogen-bond donors (Lipinski definition) is 1. The molecular formula is C13H21N3. The first kappa shape index (κ1) is 11.4. The van der Waals surface area contributed by atoms with Gasteiger partial charge in [0.2, 0.25) is 0 Å². The van der Waals surface area contributed by atoms with E-state index in [1.807, 2.05) is 12.5 Å². The highest BCUT2D eigenvalue weighted by molar-refractivity contribution is 5.08. The minimum absolute atomic E-state index is 0.654. The Morgan fingerprint density at radius 1 is 1.62 bits per heavy atom. The standard InChI is InChI=1S/C13H21N3/c1-2-3-4-8-16-11-15-10-13(16)12-6-5-7-14-9-12/h2-3,10-12,14H,4-9H2,1H3/b3-2+. The molecule has 1 aromatic rings. The Morgan fingerprint density at radius 2 is 2.56 bits per heavy atom. The summed E-state index contributed by atoms with van der Waals surface area (Å²) >= 11 is 0. The van der Waals surface area contributed by atoms with Gasteiger partial charge in [0.05, 0.1) is 6.33 Å². The maximum Gasteiger partial charge on any atom is 0.0948 e. The van der Waals surface area contributed by atoms with Gasteiger partial charge in [-0.1, -0.05) is 12.2 Å². The molecule has 0 bridgehead atoms. The predicted octanol–water partition coefficient (Wildman–Crippen LogP) is 2.32. The number of piperidine rings is 1. The van der Waals surface area contributed by atoms with Crippen molar-refractivity contribution in [1.82, 2.24) is 14.9 Å². The van der Waals surface area contributed by atoms with E-state index in [-0.39, 0.29) is 0 Å². The molecule has 0 spiro atoms. The smallest absolute Gasteiger partial charge is 0.0948 e. The van der Waals surface area contributed by atoms with Crippen LogP contribution in [0.15, 0.2) is 24.7 Å². The predicted molar refractivity (Wildman–Crippen MR) is 66.5 cm³/mol. The largest absolute Gasteiger partial charge is 0.334 e. The van der Waals surface area contributed by atoms with E-state index in [0.717, 1.165) is 19.5 Å². The Balaban J connectivity index is 1.99. The van der Waals surface area contributed by atoms with E-state index in [2.05, 4.69) is 33.9 Å². The molecule has 0 radical (unpaired) electrons. The second-order valence-electron chi connectivity index (χ2n) is 4.41. The first-order valence-corrected chi connectivity index (χ1v) is 6.23. The lowest BCUT2D eigenvalue weighted by atomic mass is 9.96. The number of aryl methyl sites for hydroxylation is 1. The Labute approximate surface area is 97.6 Å². The summed E-state index contributed by atoms with van der Waals surface area (Å²) in [5.41, 5.74) is 1.40. The van der Waals surface area contributed by atoms with Gasteiger partial charge in [-0.2, -0.15) is 0 Å². The number of imidazole rings is 1. The lowest BCUT2D eigenvalue weighted by Crippen LogP contribution is -2.29. The molecule has 88 valence electrons. The molecule has 16 heavy (non-hydrogen) atoms. The van der Waals surface area contributed by atoms with Crippen molar-refractivity contribution in [3.05, 3.63) is 30.4 Å². The van der Waals surface area contributed by atoms with Crippen molar-refractivity contribution in [2.24, 2.45) is 0 Å². The summed E-state index contributed by atoms with van der Waals surface area (Å²) in [5, 5.41) is 3.46. The highest BCUT2D eigenvalue weighted by atomic mass is 15.1. The number of aromatic nitrogens is 2. The minimum atomic E-state index is 0.654. The van der Waals surface area contributed by atoms with Gasteiger partial charge < -0.3 is 9.88 Å². The summed E-state index contributed by atoms with van der Waals surface area (Å²) in [7, 11) is 0. The van der Waals surface area contributed by atoms with E-state index < -0.39 is 0 Å². The molecule has 0 aromatic carbocycles. The average molecular weight is 219 g/mol. The number of rotatable bonds is 4. The average Bonchev–Trinajstić information content (AvgIpc) is 2.79. The topological polar surface area (TPSA) is 29.9 Å². The van der Waals surface area contributed by atoms with E-state index in [9.17, 15) is 0 Å². The molecule has 0 saturated carbocycles. The fourth-order valence-electron chi connectivity index (χ4n) is 2.34. The molecule has 1 N–H and O–H groups in total. The van der Waals surface area contributed by atoms with Gasteiger partial charge >= 0.3 is 0 Å². The maximum absolute atomic E-state index is 4.29. The zero-order valence-corrected chi connectivity index (χ0v) is 10.0. The number of nitrogens with one attached hydrogen (secondary N) is 1. The molecule has 1 unspecified atom stereocenters. The Kier molecular flexibility index (Phi) is 4.17. The normalized spacial score (nSPS) is 21.7. The molecule has 0 aliphatic carbocycles. The van der Waals surface area contributed by atoms with Crippen molar-refractivity contribution >= 4 is 0 Å². The second-order valence-corrected chi connectivity index (χ2v) is 4.41. The van der Waals surface area contributed by atoms with Gasteiger partial charge in [0.1, 0.15) is 0 Å². The highest BCUT2D eigenvalue weighted by Crippen LogP contribution is 2.22. The van der Waals surface area contributed by atoms with Crippen molar-refractivity contribution in [1.29, 1.82) is 0 Å². The molecule has 3 nitrogen and oxygen atoms in total. The van der Waals surface area contributed by atoms with Crippen LogP contribution in [0, 0.1) is 0 Å². The molecule has 2 heterocycles. The lowest BCUT2D eigenvalue weighted by molar-refractivity contribution is 0.440. The minimum Gasteiger partial charge on any atom is -0.334 e. The molecule has 1 aromatic heterocycles.